The number of primary amides is 1. The van der Waals surface area contributed by atoms with E-state index >= 15 is 0 Å². The number of amides is 1. The fourth-order valence-electron chi connectivity index (χ4n) is 2.74. The van der Waals surface area contributed by atoms with Gasteiger partial charge >= 0.3 is 0 Å². The number of nitrogens with one attached hydrogen (secondary N) is 1. The van der Waals surface area contributed by atoms with Crippen LogP contribution in [0.3, 0.4) is 0 Å². The first-order valence-corrected chi connectivity index (χ1v) is 7.41. The Kier molecular flexibility index (Phi) is 5.52. The first kappa shape index (κ1) is 15.7. The topological polar surface area (TPSA) is 80.5 Å². The van der Waals surface area contributed by atoms with Crippen molar-refractivity contribution in [1.82, 2.24) is 9.88 Å². The van der Waals surface area contributed by atoms with Gasteiger partial charge in [0.05, 0.1) is 29.7 Å². The van der Waals surface area contributed by atoms with Crippen LogP contribution in [0.2, 0.25) is 0 Å². The molecular formula is C15H24N4O2. The van der Waals surface area contributed by atoms with E-state index in [1.807, 2.05) is 0 Å². The molecule has 2 atom stereocenters. The van der Waals surface area contributed by atoms with Gasteiger partial charge < -0.3 is 15.8 Å². The summed E-state index contributed by atoms with van der Waals surface area (Å²) in [6.45, 7) is 7.96. The van der Waals surface area contributed by atoms with E-state index in [1.54, 1.807) is 18.5 Å². The van der Waals surface area contributed by atoms with Crippen molar-refractivity contribution in [3.63, 3.8) is 0 Å². The first-order chi connectivity index (χ1) is 10.1. The number of rotatable bonds is 6. The predicted octanol–water partition coefficient (Wildman–Crippen LogP) is 1.09. The highest BCUT2D eigenvalue weighted by atomic mass is 16.5. The molecule has 1 fully saturated rings. The summed E-state index contributed by atoms with van der Waals surface area (Å²) in [7, 11) is 0. The van der Waals surface area contributed by atoms with Gasteiger partial charge in [0.2, 0.25) is 0 Å². The minimum atomic E-state index is -0.435. The molecule has 1 aliphatic rings. The van der Waals surface area contributed by atoms with Crippen molar-refractivity contribution in [1.29, 1.82) is 0 Å². The highest BCUT2D eigenvalue weighted by Gasteiger charge is 2.21. The van der Waals surface area contributed by atoms with Crippen molar-refractivity contribution < 1.29 is 9.53 Å². The van der Waals surface area contributed by atoms with Crippen LogP contribution in [0.5, 0.6) is 0 Å². The van der Waals surface area contributed by atoms with E-state index in [0.717, 1.165) is 32.6 Å². The number of aromatic nitrogens is 1. The van der Waals surface area contributed by atoms with E-state index in [4.69, 9.17) is 10.5 Å². The molecule has 0 bridgehead atoms. The molecule has 2 rings (SSSR count). The van der Waals surface area contributed by atoms with Crippen molar-refractivity contribution >= 4 is 11.6 Å². The van der Waals surface area contributed by atoms with Crippen LogP contribution in [0, 0.1) is 0 Å². The van der Waals surface area contributed by atoms with E-state index in [-0.39, 0.29) is 0 Å². The Labute approximate surface area is 125 Å². The number of nitrogens with two attached hydrogens (primary N) is 1. The molecule has 6 nitrogen and oxygen atoms in total. The average Bonchev–Trinajstić information content (AvgIpc) is 2.43. The maximum Gasteiger partial charge on any atom is 0.250 e. The van der Waals surface area contributed by atoms with Gasteiger partial charge in [0, 0.05) is 32.4 Å². The molecule has 1 aromatic rings. The molecule has 0 saturated carbocycles. The third kappa shape index (κ3) is 4.68. The van der Waals surface area contributed by atoms with Crippen molar-refractivity contribution in [3.8, 4) is 0 Å². The molecule has 0 spiro atoms. The summed E-state index contributed by atoms with van der Waals surface area (Å²) in [5, 5.41) is 3.24. The highest BCUT2D eigenvalue weighted by Crippen LogP contribution is 2.13. The SMILES string of the molecule is C[C@@H]1CN(CCCNc2cnccc2C(N)=O)C[C@@H](C)O1. The zero-order valence-electron chi connectivity index (χ0n) is 12.7. The van der Waals surface area contributed by atoms with Crippen molar-refractivity contribution in [2.24, 2.45) is 5.73 Å². The molecule has 1 aromatic heterocycles. The van der Waals surface area contributed by atoms with Gasteiger partial charge in [-0.25, -0.2) is 0 Å². The summed E-state index contributed by atoms with van der Waals surface area (Å²) in [6, 6.07) is 1.63. The molecule has 1 saturated heterocycles. The van der Waals surface area contributed by atoms with Gasteiger partial charge in [0.25, 0.3) is 5.91 Å². The maximum atomic E-state index is 11.3. The molecule has 21 heavy (non-hydrogen) atoms. The normalized spacial score (nSPS) is 23.0. The lowest BCUT2D eigenvalue weighted by Crippen LogP contribution is -2.45. The number of carbonyl (C=O) groups excluding carboxylic acids is 1. The van der Waals surface area contributed by atoms with Crippen molar-refractivity contribution in [2.45, 2.75) is 32.5 Å². The number of ether oxygens (including phenoxy) is 1. The second-order valence-electron chi connectivity index (χ2n) is 5.58. The number of morpholine rings is 1. The molecule has 3 N–H and O–H groups in total. The summed E-state index contributed by atoms with van der Waals surface area (Å²) in [4.78, 5) is 17.7. The number of nitrogens with zero attached hydrogens (tertiary/aromatic N) is 2. The molecule has 1 amide bonds. The first-order valence-electron chi connectivity index (χ1n) is 7.41. The average molecular weight is 292 g/mol. The minimum absolute atomic E-state index is 0.293. The van der Waals surface area contributed by atoms with E-state index < -0.39 is 5.91 Å². The van der Waals surface area contributed by atoms with Crippen LogP contribution in [-0.2, 0) is 4.74 Å². The largest absolute Gasteiger partial charge is 0.383 e. The Bertz CT molecular complexity index is 470. The van der Waals surface area contributed by atoms with Crippen LogP contribution in [0.1, 0.15) is 30.6 Å². The van der Waals surface area contributed by atoms with Gasteiger partial charge in [0.1, 0.15) is 0 Å². The maximum absolute atomic E-state index is 11.3. The summed E-state index contributed by atoms with van der Waals surface area (Å²) in [5.41, 5.74) is 6.52. The predicted molar refractivity (Wildman–Crippen MR) is 82.3 cm³/mol. The van der Waals surface area contributed by atoms with Gasteiger partial charge in [0.15, 0.2) is 0 Å². The fraction of sp³-hybridized carbons (Fsp3) is 0.600. The number of pyridine rings is 1. The van der Waals surface area contributed by atoms with Crippen LogP contribution < -0.4 is 11.1 Å². The van der Waals surface area contributed by atoms with E-state index in [9.17, 15) is 4.79 Å². The second-order valence-corrected chi connectivity index (χ2v) is 5.58. The lowest BCUT2D eigenvalue weighted by Gasteiger charge is -2.35. The Morgan fingerprint density at radius 2 is 2.19 bits per heavy atom. The summed E-state index contributed by atoms with van der Waals surface area (Å²) in [5.74, 6) is -0.435. The van der Waals surface area contributed by atoms with Gasteiger partial charge in [-0.2, -0.15) is 0 Å². The van der Waals surface area contributed by atoms with Crippen molar-refractivity contribution in [2.75, 3.05) is 31.5 Å². The molecule has 2 heterocycles. The molecule has 0 unspecified atom stereocenters. The Morgan fingerprint density at radius 1 is 1.48 bits per heavy atom. The summed E-state index contributed by atoms with van der Waals surface area (Å²) < 4.78 is 5.72. The number of hydrogen-bond acceptors (Lipinski definition) is 5. The fourth-order valence-corrected chi connectivity index (χ4v) is 2.74. The van der Waals surface area contributed by atoms with Gasteiger partial charge in [-0.15, -0.1) is 0 Å². The Morgan fingerprint density at radius 3 is 2.86 bits per heavy atom. The molecule has 116 valence electrons. The van der Waals surface area contributed by atoms with Crippen molar-refractivity contribution in [3.05, 3.63) is 24.0 Å². The lowest BCUT2D eigenvalue weighted by molar-refractivity contribution is -0.0678. The quantitative estimate of drug-likeness (QED) is 0.767. The van der Waals surface area contributed by atoms with E-state index in [0.29, 0.717) is 23.5 Å². The van der Waals surface area contributed by atoms with Crippen LogP contribution >= 0.6 is 0 Å². The van der Waals surface area contributed by atoms with Gasteiger partial charge in [-0.05, 0) is 26.3 Å². The zero-order chi connectivity index (χ0) is 15.2. The number of anilines is 1. The third-order valence-electron chi connectivity index (χ3n) is 3.55. The molecule has 1 aliphatic heterocycles. The minimum Gasteiger partial charge on any atom is -0.383 e. The summed E-state index contributed by atoms with van der Waals surface area (Å²) >= 11 is 0. The standard InChI is InChI=1S/C15H24N4O2/c1-11-9-19(10-12(2)21-11)7-3-5-18-14-8-17-6-4-13(14)15(16)20/h4,6,8,11-12,18H,3,5,7,9-10H2,1-2H3,(H2,16,20)/t11-,12-/m1/s1. The number of carbonyl (C=O) groups is 1. The smallest absolute Gasteiger partial charge is 0.250 e. The molecule has 0 radical (unpaired) electrons. The molecule has 6 heteroatoms. The highest BCUT2D eigenvalue weighted by molar-refractivity contribution is 5.98. The Hall–Kier alpha value is -1.66. The van der Waals surface area contributed by atoms with Crippen LogP contribution in [-0.4, -0.2) is 54.2 Å². The molecule has 0 aliphatic carbocycles. The molecule has 0 aromatic carbocycles. The van der Waals surface area contributed by atoms with Crippen LogP contribution in [0.15, 0.2) is 18.5 Å². The Balaban J connectivity index is 1.76. The third-order valence-corrected chi connectivity index (χ3v) is 3.55. The monoisotopic (exact) mass is 292 g/mol. The van der Waals surface area contributed by atoms with Gasteiger partial charge in [-0.1, -0.05) is 0 Å². The van der Waals surface area contributed by atoms with Crippen LogP contribution in [0.4, 0.5) is 5.69 Å². The lowest BCUT2D eigenvalue weighted by atomic mass is 10.2. The molecular weight excluding hydrogens is 268 g/mol. The van der Waals surface area contributed by atoms with E-state index in [1.165, 1.54) is 0 Å². The summed E-state index contributed by atoms with van der Waals surface area (Å²) in [6.07, 6.45) is 4.79. The second kappa shape index (κ2) is 7.38. The van der Waals surface area contributed by atoms with Gasteiger partial charge in [-0.3, -0.25) is 14.7 Å². The number of hydrogen-bond donors (Lipinski definition) is 2. The van der Waals surface area contributed by atoms with Crippen LogP contribution in [0.25, 0.3) is 0 Å². The van der Waals surface area contributed by atoms with E-state index in [2.05, 4.69) is 29.0 Å². The zero-order valence-corrected chi connectivity index (χ0v) is 12.7.